The Hall–Kier alpha value is -0.110. The van der Waals surface area contributed by atoms with Crippen molar-refractivity contribution in [1.29, 1.82) is 0 Å². The fraction of sp³-hybridized carbons (Fsp3) is 1.00. The molecule has 1 fully saturated rings. The summed E-state index contributed by atoms with van der Waals surface area (Å²) in [5, 5.41) is 0. The van der Waals surface area contributed by atoms with Gasteiger partial charge < -0.3 is 0 Å². The number of hydrogen-bond acceptors (Lipinski definition) is 1. The van der Waals surface area contributed by atoms with E-state index in [2.05, 4.69) is 18.7 Å². The first-order valence-electron chi connectivity index (χ1n) is 4.05. The van der Waals surface area contributed by atoms with Crippen LogP contribution < -0.4 is 0 Å². The van der Waals surface area contributed by atoms with Gasteiger partial charge in [-0.2, -0.15) is 0 Å². The predicted octanol–water partition coefficient (Wildman–Crippen LogP) is 1.69. The van der Waals surface area contributed by atoms with E-state index in [1.165, 1.54) is 6.42 Å². The van der Waals surface area contributed by atoms with Crippen LogP contribution in [0.3, 0.4) is 0 Å². The molecule has 1 unspecified atom stereocenters. The highest BCUT2D eigenvalue weighted by molar-refractivity contribution is 4.84. The van der Waals surface area contributed by atoms with Gasteiger partial charge in [0.25, 0.3) is 0 Å². The van der Waals surface area contributed by atoms with Gasteiger partial charge in [0.15, 0.2) is 0 Å². The fourth-order valence-corrected chi connectivity index (χ4v) is 1.60. The SMILES string of the molecule is CC(C)C1CCN1CCF. The molecule has 1 rings (SSSR count). The Morgan fingerprint density at radius 3 is 2.60 bits per heavy atom. The van der Waals surface area contributed by atoms with Gasteiger partial charge in [0.1, 0.15) is 6.67 Å². The van der Waals surface area contributed by atoms with Crippen LogP contribution in [-0.4, -0.2) is 30.7 Å². The molecule has 0 spiro atoms. The Morgan fingerprint density at radius 2 is 2.30 bits per heavy atom. The van der Waals surface area contributed by atoms with E-state index >= 15 is 0 Å². The van der Waals surface area contributed by atoms with Crippen LogP contribution in [0.25, 0.3) is 0 Å². The highest BCUT2D eigenvalue weighted by Crippen LogP contribution is 2.23. The number of halogens is 1. The van der Waals surface area contributed by atoms with Crippen LogP contribution in [0.15, 0.2) is 0 Å². The maximum atomic E-state index is 11.9. The standard InChI is InChI=1S/C8H16FN/c1-7(2)8-3-5-10(8)6-4-9/h7-8H,3-6H2,1-2H3. The molecule has 0 aromatic heterocycles. The third-order valence-electron chi connectivity index (χ3n) is 2.32. The van der Waals surface area contributed by atoms with E-state index < -0.39 is 0 Å². The van der Waals surface area contributed by atoms with Gasteiger partial charge >= 0.3 is 0 Å². The summed E-state index contributed by atoms with van der Waals surface area (Å²) in [5.74, 6) is 0.695. The van der Waals surface area contributed by atoms with Crippen LogP contribution in [0.2, 0.25) is 0 Å². The molecule has 0 N–H and O–H groups in total. The molecule has 0 bridgehead atoms. The summed E-state index contributed by atoms with van der Waals surface area (Å²) in [6.07, 6.45) is 1.26. The van der Waals surface area contributed by atoms with E-state index in [9.17, 15) is 4.39 Å². The molecule has 0 aromatic rings. The Morgan fingerprint density at radius 1 is 1.60 bits per heavy atom. The van der Waals surface area contributed by atoms with Crippen molar-refractivity contribution in [2.24, 2.45) is 5.92 Å². The number of likely N-dealkylation sites (tertiary alicyclic amines) is 1. The topological polar surface area (TPSA) is 3.24 Å². The van der Waals surface area contributed by atoms with Crippen LogP contribution in [0.1, 0.15) is 20.3 Å². The van der Waals surface area contributed by atoms with E-state index in [0.29, 0.717) is 18.5 Å². The maximum Gasteiger partial charge on any atom is 0.102 e. The van der Waals surface area contributed by atoms with Gasteiger partial charge in [-0.25, -0.2) is 4.39 Å². The largest absolute Gasteiger partial charge is 0.297 e. The van der Waals surface area contributed by atoms with E-state index in [0.717, 1.165) is 6.54 Å². The van der Waals surface area contributed by atoms with E-state index in [1.54, 1.807) is 0 Å². The van der Waals surface area contributed by atoms with Crippen LogP contribution in [0.4, 0.5) is 4.39 Å². The zero-order chi connectivity index (χ0) is 7.56. The van der Waals surface area contributed by atoms with E-state index in [4.69, 9.17) is 0 Å². The number of rotatable bonds is 3. The monoisotopic (exact) mass is 145 g/mol. The van der Waals surface area contributed by atoms with Gasteiger partial charge in [-0.15, -0.1) is 0 Å². The maximum absolute atomic E-state index is 11.9. The van der Waals surface area contributed by atoms with Crippen molar-refractivity contribution in [3.05, 3.63) is 0 Å². The second-order valence-electron chi connectivity index (χ2n) is 3.32. The van der Waals surface area contributed by atoms with Crippen molar-refractivity contribution in [2.45, 2.75) is 26.3 Å². The van der Waals surface area contributed by atoms with Gasteiger partial charge in [0.2, 0.25) is 0 Å². The van der Waals surface area contributed by atoms with E-state index in [1.807, 2.05) is 0 Å². The summed E-state index contributed by atoms with van der Waals surface area (Å²) >= 11 is 0. The molecular formula is C8H16FN. The molecule has 60 valence electrons. The lowest BCUT2D eigenvalue weighted by Gasteiger charge is -2.43. The highest BCUT2D eigenvalue weighted by atomic mass is 19.1. The molecule has 10 heavy (non-hydrogen) atoms. The molecule has 2 heteroatoms. The first-order valence-corrected chi connectivity index (χ1v) is 4.05. The average molecular weight is 145 g/mol. The second kappa shape index (κ2) is 3.33. The van der Waals surface area contributed by atoms with Crippen molar-refractivity contribution in [3.63, 3.8) is 0 Å². The molecular weight excluding hydrogens is 129 g/mol. The Labute approximate surface area is 62.2 Å². The molecule has 1 aliphatic heterocycles. The summed E-state index contributed by atoms with van der Waals surface area (Å²) in [5.41, 5.74) is 0. The summed E-state index contributed by atoms with van der Waals surface area (Å²) in [4.78, 5) is 2.23. The number of alkyl halides is 1. The van der Waals surface area contributed by atoms with Crippen molar-refractivity contribution in [3.8, 4) is 0 Å². The minimum Gasteiger partial charge on any atom is -0.297 e. The Balaban J connectivity index is 2.22. The molecule has 0 aromatic carbocycles. The molecule has 0 aliphatic carbocycles. The minimum absolute atomic E-state index is 0.191. The fourth-order valence-electron chi connectivity index (χ4n) is 1.60. The zero-order valence-corrected chi connectivity index (χ0v) is 6.81. The summed E-state index contributed by atoms with van der Waals surface area (Å²) in [7, 11) is 0. The van der Waals surface area contributed by atoms with Crippen molar-refractivity contribution >= 4 is 0 Å². The molecule has 0 amide bonds. The lowest BCUT2D eigenvalue weighted by Crippen LogP contribution is -2.51. The van der Waals surface area contributed by atoms with Gasteiger partial charge in [0.05, 0.1) is 0 Å². The second-order valence-corrected chi connectivity index (χ2v) is 3.32. The molecule has 1 nitrogen and oxygen atoms in total. The van der Waals surface area contributed by atoms with Crippen molar-refractivity contribution in [1.82, 2.24) is 4.90 Å². The lowest BCUT2D eigenvalue weighted by molar-refractivity contribution is 0.0504. The van der Waals surface area contributed by atoms with E-state index in [-0.39, 0.29) is 6.67 Å². The third-order valence-corrected chi connectivity index (χ3v) is 2.32. The first kappa shape index (κ1) is 7.99. The van der Waals surface area contributed by atoms with Crippen LogP contribution in [0, 0.1) is 5.92 Å². The highest BCUT2D eigenvalue weighted by Gasteiger charge is 2.29. The Kier molecular flexibility index (Phi) is 2.66. The Bertz CT molecular complexity index is 103. The zero-order valence-electron chi connectivity index (χ0n) is 6.81. The average Bonchev–Trinajstić information content (AvgIpc) is 1.78. The van der Waals surface area contributed by atoms with Crippen LogP contribution >= 0.6 is 0 Å². The minimum atomic E-state index is -0.191. The van der Waals surface area contributed by atoms with Crippen LogP contribution in [-0.2, 0) is 0 Å². The smallest absolute Gasteiger partial charge is 0.102 e. The normalized spacial score (nSPS) is 27.0. The molecule has 1 saturated heterocycles. The lowest BCUT2D eigenvalue weighted by atomic mass is 9.92. The van der Waals surface area contributed by atoms with Gasteiger partial charge in [-0.1, -0.05) is 13.8 Å². The van der Waals surface area contributed by atoms with Crippen molar-refractivity contribution < 1.29 is 4.39 Å². The quantitative estimate of drug-likeness (QED) is 0.584. The molecule has 1 aliphatic rings. The van der Waals surface area contributed by atoms with Crippen LogP contribution in [0.5, 0.6) is 0 Å². The molecule has 0 radical (unpaired) electrons. The third kappa shape index (κ3) is 1.48. The predicted molar refractivity (Wildman–Crippen MR) is 40.8 cm³/mol. The molecule has 0 saturated carbocycles. The van der Waals surface area contributed by atoms with Crippen molar-refractivity contribution in [2.75, 3.05) is 19.8 Å². The summed E-state index contributed by atoms with van der Waals surface area (Å²) < 4.78 is 11.9. The van der Waals surface area contributed by atoms with Gasteiger partial charge in [0, 0.05) is 19.1 Å². The summed E-state index contributed by atoms with van der Waals surface area (Å²) in [6.45, 7) is 5.96. The first-order chi connectivity index (χ1) is 4.75. The number of hydrogen-bond donors (Lipinski definition) is 0. The molecule has 1 heterocycles. The van der Waals surface area contributed by atoms with Gasteiger partial charge in [-0.3, -0.25) is 4.90 Å². The summed E-state index contributed by atoms with van der Waals surface area (Å²) in [6, 6.07) is 0.663. The number of nitrogens with zero attached hydrogens (tertiary/aromatic N) is 1. The van der Waals surface area contributed by atoms with Gasteiger partial charge in [-0.05, 0) is 12.3 Å². The molecule has 1 atom stereocenters.